The third-order valence-electron chi connectivity index (χ3n) is 4.67. The number of aromatic nitrogens is 2. The zero-order chi connectivity index (χ0) is 21.3. The maximum Gasteiger partial charge on any atom is 0.253 e. The van der Waals surface area contributed by atoms with Crippen molar-refractivity contribution in [2.75, 3.05) is 0 Å². The van der Waals surface area contributed by atoms with Gasteiger partial charge in [0.05, 0.1) is 21.3 Å². The van der Waals surface area contributed by atoms with Gasteiger partial charge in [-0.2, -0.15) is 5.10 Å². The Morgan fingerprint density at radius 3 is 2.47 bits per heavy atom. The number of aromatic amines is 1. The average molecular weight is 465 g/mol. The topological polar surface area (TPSA) is 104 Å². The monoisotopic (exact) mass is 464 g/mol. The number of nitrogens with one attached hydrogen (secondary N) is 3. The van der Waals surface area contributed by atoms with Gasteiger partial charge in [0.1, 0.15) is 4.90 Å². The predicted molar refractivity (Wildman–Crippen MR) is 115 cm³/mol. The molecule has 3 aromatic rings. The van der Waals surface area contributed by atoms with Crippen molar-refractivity contribution in [1.82, 2.24) is 20.2 Å². The molecule has 2 aromatic carbocycles. The summed E-state index contributed by atoms with van der Waals surface area (Å²) in [4.78, 5) is 12.5. The Kier molecular flexibility index (Phi) is 5.84. The van der Waals surface area contributed by atoms with Crippen LogP contribution in [0.3, 0.4) is 0 Å². The quantitative estimate of drug-likeness (QED) is 0.494. The largest absolute Gasteiger partial charge is 0.348 e. The van der Waals surface area contributed by atoms with Crippen molar-refractivity contribution in [1.29, 1.82) is 0 Å². The number of rotatable bonds is 7. The molecule has 0 unspecified atom stereocenters. The number of benzene rings is 2. The van der Waals surface area contributed by atoms with Crippen LogP contribution in [0.5, 0.6) is 0 Å². The van der Waals surface area contributed by atoms with E-state index in [2.05, 4.69) is 20.2 Å². The molecule has 4 rings (SSSR count). The molecule has 1 aliphatic rings. The van der Waals surface area contributed by atoms with Crippen LogP contribution in [0, 0.1) is 0 Å². The van der Waals surface area contributed by atoms with Gasteiger partial charge in [-0.05, 0) is 42.2 Å². The molecule has 1 amide bonds. The van der Waals surface area contributed by atoms with E-state index in [4.69, 9.17) is 23.2 Å². The number of nitrogens with zero attached hydrogens (tertiary/aromatic N) is 1. The van der Waals surface area contributed by atoms with Crippen LogP contribution in [-0.4, -0.2) is 30.6 Å². The summed E-state index contributed by atoms with van der Waals surface area (Å²) >= 11 is 12.2. The number of amides is 1. The predicted octanol–water partition coefficient (Wildman–Crippen LogP) is 3.75. The fourth-order valence-corrected chi connectivity index (χ4v) is 5.05. The molecule has 0 spiro atoms. The van der Waals surface area contributed by atoms with Crippen LogP contribution in [0.25, 0.3) is 11.3 Å². The lowest BCUT2D eigenvalue weighted by Crippen LogP contribution is -2.27. The lowest BCUT2D eigenvalue weighted by Gasteiger charge is -2.12. The van der Waals surface area contributed by atoms with E-state index in [1.54, 1.807) is 6.20 Å². The number of carbonyl (C=O) groups excluding carboxylic acids is 1. The first kappa shape index (κ1) is 20.9. The molecule has 10 heteroatoms. The van der Waals surface area contributed by atoms with E-state index in [0.717, 1.165) is 29.7 Å². The van der Waals surface area contributed by atoms with Gasteiger partial charge >= 0.3 is 0 Å². The van der Waals surface area contributed by atoms with Crippen molar-refractivity contribution in [3.05, 3.63) is 69.8 Å². The van der Waals surface area contributed by atoms with Gasteiger partial charge in [-0.25, -0.2) is 13.1 Å². The molecule has 0 saturated heterocycles. The molecule has 156 valence electrons. The third-order valence-corrected chi connectivity index (χ3v) is 6.97. The minimum atomic E-state index is -3.82. The summed E-state index contributed by atoms with van der Waals surface area (Å²) in [6.07, 6.45) is 3.25. The van der Waals surface area contributed by atoms with Crippen LogP contribution < -0.4 is 10.0 Å². The van der Waals surface area contributed by atoms with Gasteiger partial charge in [-0.3, -0.25) is 9.89 Å². The normalized spacial score (nSPS) is 13.9. The van der Waals surface area contributed by atoms with Crippen LogP contribution in [0.1, 0.15) is 28.8 Å². The summed E-state index contributed by atoms with van der Waals surface area (Å²) in [6, 6.07) is 11.9. The molecule has 0 bridgehead atoms. The van der Waals surface area contributed by atoms with E-state index < -0.39 is 15.9 Å². The lowest BCUT2D eigenvalue weighted by molar-refractivity contribution is 0.0951. The van der Waals surface area contributed by atoms with Gasteiger partial charge in [0.25, 0.3) is 5.91 Å². The van der Waals surface area contributed by atoms with Gasteiger partial charge in [-0.1, -0.05) is 47.5 Å². The Hall–Kier alpha value is -2.39. The van der Waals surface area contributed by atoms with Gasteiger partial charge in [-0.15, -0.1) is 0 Å². The van der Waals surface area contributed by atoms with Crippen LogP contribution >= 0.6 is 23.2 Å². The first-order valence-corrected chi connectivity index (χ1v) is 11.5. The summed E-state index contributed by atoms with van der Waals surface area (Å²) in [5.74, 6) is -0.489. The van der Waals surface area contributed by atoms with Gasteiger partial charge in [0.2, 0.25) is 10.0 Å². The highest BCUT2D eigenvalue weighted by atomic mass is 35.5. The standard InChI is InChI=1S/C20H18Cl2N4O3S/c21-16-10-17(22)19(30(28,29)26-14-5-6-14)9-15(16)20(27)23-11-12-1-3-13(4-2-12)18-7-8-24-25-18/h1-4,7-10,14,26H,5-6,11H2,(H,23,27)(H,24,25). The highest BCUT2D eigenvalue weighted by Crippen LogP contribution is 2.30. The van der Waals surface area contributed by atoms with Crippen molar-refractivity contribution < 1.29 is 13.2 Å². The number of H-pyrrole nitrogens is 1. The first-order valence-electron chi connectivity index (χ1n) is 9.22. The van der Waals surface area contributed by atoms with E-state index in [-0.39, 0.29) is 33.1 Å². The third kappa shape index (κ3) is 4.67. The van der Waals surface area contributed by atoms with Crippen molar-refractivity contribution in [2.24, 2.45) is 0 Å². The first-order chi connectivity index (χ1) is 14.3. The number of carbonyl (C=O) groups is 1. The molecule has 0 atom stereocenters. The lowest BCUT2D eigenvalue weighted by atomic mass is 10.1. The van der Waals surface area contributed by atoms with Gasteiger partial charge in [0, 0.05) is 18.8 Å². The number of halogens is 2. The van der Waals surface area contributed by atoms with E-state index >= 15 is 0 Å². The van der Waals surface area contributed by atoms with E-state index in [9.17, 15) is 13.2 Å². The highest BCUT2D eigenvalue weighted by molar-refractivity contribution is 7.89. The van der Waals surface area contributed by atoms with E-state index in [1.807, 2.05) is 30.3 Å². The maximum absolute atomic E-state index is 12.7. The second kappa shape index (κ2) is 8.39. The molecular formula is C20H18Cl2N4O3S. The van der Waals surface area contributed by atoms with Crippen LogP contribution in [0.4, 0.5) is 0 Å². The number of hydrogen-bond acceptors (Lipinski definition) is 4. The molecule has 1 heterocycles. The SMILES string of the molecule is O=C(NCc1ccc(-c2ccn[nH]2)cc1)c1cc(S(=O)(=O)NC2CC2)c(Cl)cc1Cl. The second-order valence-corrected chi connectivity index (χ2v) is 9.50. The van der Waals surface area contributed by atoms with Crippen LogP contribution in [0.2, 0.25) is 10.0 Å². The maximum atomic E-state index is 12.7. The average Bonchev–Trinajstić information content (AvgIpc) is 3.33. The molecule has 7 nitrogen and oxygen atoms in total. The minimum absolute atomic E-state index is 0.0286. The summed E-state index contributed by atoms with van der Waals surface area (Å²) in [6.45, 7) is 0.253. The smallest absolute Gasteiger partial charge is 0.253 e. The van der Waals surface area contributed by atoms with E-state index in [1.165, 1.54) is 12.1 Å². The van der Waals surface area contributed by atoms with Crippen molar-refractivity contribution >= 4 is 39.1 Å². The molecule has 1 aromatic heterocycles. The van der Waals surface area contributed by atoms with Gasteiger partial charge < -0.3 is 5.32 Å². The molecule has 1 fully saturated rings. The molecule has 0 aliphatic heterocycles. The molecule has 1 saturated carbocycles. The molecule has 3 N–H and O–H groups in total. The Balaban J connectivity index is 1.48. The van der Waals surface area contributed by atoms with Crippen LogP contribution in [0.15, 0.2) is 53.6 Å². The fraction of sp³-hybridized carbons (Fsp3) is 0.200. The summed E-state index contributed by atoms with van der Waals surface area (Å²) in [5.41, 5.74) is 2.79. The second-order valence-electron chi connectivity index (χ2n) is 7.01. The minimum Gasteiger partial charge on any atom is -0.348 e. The van der Waals surface area contributed by atoms with Crippen molar-refractivity contribution in [2.45, 2.75) is 30.3 Å². The fourth-order valence-electron chi connectivity index (χ4n) is 2.89. The Morgan fingerprint density at radius 1 is 1.10 bits per heavy atom. The highest BCUT2D eigenvalue weighted by Gasteiger charge is 2.30. The molecule has 1 aliphatic carbocycles. The van der Waals surface area contributed by atoms with Crippen molar-refractivity contribution in [3.63, 3.8) is 0 Å². The van der Waals surface area contributed by atoms with Gasteiger partial charge in [0.15, 0.2) is 0 Å². The number of hydrogen-bond donors (Lipinski definition) is 3. The summed E-state index contributed by atoms with van der Waals surface area (Å²) in [7, 11) is -3.82. The summed E-state index contributed by atoms with van der Waals surface area (Å²) in [5, 5.41) is 9.62. The zero-order valence-electron chi connectivity index (χ0n) is 15.7. The molecule has 30 heavy (non-hydrogen) atoms. The molecule has 0 radical (unpaired) electrons. The molecular weight excluding hydrogens is 447 g/mol. The van der Waals surface area contributed by atoms with Crippen LogP contribution in [-0.2, 0) is 16.6 Å². The Bertz CT molecular complexity index is 1180. The van der Waals surface area contributed by atoms with Crippen molar-refractivity contribution in [3.8, 4) is 11.3 Å². The number of sulfonamides is 1. The Labute approximate surface area is 183 Å². The summed E-state index contributed by atoms with van der Waals surface area (Å²) < 4.78 is 27.6. The zero-order valence-corrected chi connectivity index (χ0v) is 18.0. The Morgan fingerprint density at radius 2 is 1.83 bits per heavy atom. The van der Waals surface area contributed by atoms with E-state index in [0.29, 0.717) is 0 Å².